The smallest absolute Gasteiger partial charge is 0.271 e. The third-order valence-corrected chi connectivity index (χ3v) is 6.53. The van der Waals surface area contributed by atoms with Gasteiger partial charge in [0.2, 0.25) is 5.91 Å². The molecule has 1 aromatic heterocycles. The highest BCUT2D eigenvalue weighted by molar-refractivity contribution is 7.99. The van der Waals surface area contributed by atoms with Gasteiger partial charge in [0.15, 0.2) is 11.0 Å². The van der Waals surface area contributed by atoms with Gasteiger partial charge in [-0.3, -0.25) is 19.7 Å². The van der Waals surface area contributed by atoms with Crippen LogP contribution < -0.4 is 10.6 Å². The lowest BCUT2D eigenvalue weighted by Crippen LogP contribution is -2.29. The van der Waals surface area contributed by atoms with Gasteiger partial charge in [0.25, 0.3) is 11.6 Å². The molecule has 0 aliphatic rings. The molecular weight excluding hydrogens is 515 g/mol. The molecule has 0 unspecified atom stereocenters. The highest BCUT2D eigenvalue weighted by Crippen LogP contribution is 2.25. The lowest BCUT2D eigenvalue weighted by atomic mass is 10.2. The molecule has 0 bridgehead atoms. The fourth-order valence-corrected chi connectivity index (χ4v) is 4.52. The molecule has 0 aliphatic heterocycles. The molecule has 1 heterocycles. The molecule has 0 saturated heterocycles. The number of nitrogens with zero attached hydrogens (tertiary/aromatic N) is 4. The number of nitro groups is 1. The molecule has 35 heavy (non-hydrogen) atoms. The molecule has 3 aromatic rings. The number of carbonyl (C=O) groups excluding carboxylic acids is 2. The summed E-state index contributed by atoms with van der Waals surface area (Å²) in [5.74, 6) is -0.194. The molecule has 13 heteroatoms. The minimum Gasteiger partial charge on any atom is -0.342 e. The molecule has 0 fully saturated rings. The van der Waals surface area contributed by atoms with Crippen LogP contribution in [0.2, 0.25) is 10.0 Å². The summed E-state index contributed by atoms with van der Waals surface area (Å²) in [6.07, 6.45) is 0. The van der Waals surface area contributed by atoms with Crippen molar-refractivity contribution in [3.63, 3.8) is 0 Å². The zero-order chi connectivity index (χ0) is 25.7. The third kappa shape index (κ3) is 6.50. The van der Waals surface area contributed by atoms with Gasteiger partial charge in [-0.05, 0) is 44.5 Å². The fraction of sp³-hybridized carbons (Fsp3) is 0.273. The second kappa shape index (κ2) is 11.5. The van der Waals surface area contributed by atoms with E-state index in [4.69, 9.17) is 23.2 Å². The maximum absolute atomic E-state index is 12.7. The van der Waals surface area contributed by atoms with Crippen molar-refractivity contribution < 1.29 is 14.5 Å². The van der Waals surface area contributed by atoms with E-state index in [0.29, 0.717) is 33.8 Å². The van der Waals surface area contributed by atoms with Crippen molar-refractivity contribution in [3.05, 3.63) is 73.5 Å². The van der Waals surface area contributed by atoms with Gasteiger partial charge in [-0.2, -0.15) is 0 Å². The van der Waals surface area contributed by atoms with Crippen LogP contribution in [0.4, 0.5) is 11.4 Å². The van der Waals surface area contributed by atoms with Crippen LogP contribution in [0.25, 0.3) is 0 Å². The highest BCUT2D eigenvalue weighted by atomic mass is 35.5. The van der Waals surface area contributed by atoms with Crippen molar-refractivity contribution >= 4 is 58.2 Å². The normalized spacial score (nSPS) is 11.7. The first-order chi connectivity index (χ1) is 16.6. The van der Waals surface area contributed by atoms with Crippen LogP contribution in [0.15, 0.2) is 41.6 Å². The van der Waals surface area contributed by atoms with E-state index < -0.39 is 11.0 Å². The molecule has 0 spiro atoms. The lowest BCUT2D eigenvalue weighted by molar-refractivity contribution is -0.384. The average molecular weight is 537 g/mol. The SMILES string of the molecule is CCn1c(SCC(=O)Nc2cc([N+](=O)[O-])ccc2C)nnc1[C@@H](C)NC(=O)c1ccc(Cl)cc1Cl. The standard InChI is InChI=1S/C22H22Cl2N6O4S/c1-4-29-20(13(3)25-21(32)16-8-6-14(23)9-17(16)24)27-28-22(29)35-11-19(31)26-18-10-15(30(33)34)7-5-12(18)2/h5-10,13H,4,11H2,1-3H3,(H,25,32)(H,26,31)/t13-/m1/s1. The zero-order valence-electron chi connectivity index (χ0n) is 19.0. The average Bonchev–Trinajstić information content (AvgIpc) is 3.22. The van der Waals surface area contributed by atoms with E-state index in [1.54, 1.807) is 36.6 Å². The van der Waals surface area contributed by atoms with Crippen molar-refractivity contribution in [2.45, 2.75) is 38.5 Å². The molecule has 1 atom stereocenters. The number of carbonyl (C=O) groups is 2. The van der Waals surface area contributed by atoms with E-state index in [2.05, 4.69) is 20.8 Å². The first-order valence-electron chi connectivity index (χ1n) is 10.5. The summed E-state index contributed by atoms with van der Waals surface area (Å²) < 4.78 is 1.80. The van der Waals surface area contributed by atoms with Crippen LogP contribution in [-0.2, 0) is 11.3 Å². The number of anilines is 1. The van der Waals surface area contributed by atoms with E-state index in [-0.39, 0.29) is 33.8 Å². The van der Waals surface area contributed by atoms with E-state index in [0.717, 1.165) is 0 Å². The van der Waals surface area contributed by atoms with E-state index in [9.17, 15) is 19.7 Å². The summed E-state index contributed by atoms with van der Waals surface area (Å²) in [5.41, 5.74) is 1.26. The predicted octanol–water partition coefficient (Wildman–Crippen LogP) is 5.04. The van der Waals surface area contributed by atoms with Gasteiger partial charge < -0.3 is 15.2 Å². The van der Waals surface area contributed by atoms with E-state index >= 15 is 0 Å². The predicted molar refractivity (Wildman–Crippen MR) is 135 cm³/mol. The van der Waals surface area contributed by atoms with Crippen molar-refractivity contribution in [1.82, 2.24) is 20.1 Å². The van der Waals surface area contributed by atoms with Gasteiger partial charge in [0.1, 0.15) is 0 Å². The number of benzene rings is 2. The van der Waals surface area contributed by atoms with Gasteiger partial charge in [0.05, 0.1) is 33.0 Å². The minimum atomic E-state index is -0.518. The van der Waals surface area contributed by atoms with Crippen molar-refractivity contribution in [2.75, 3.05) is 11.1 Å². The lowest BCUT2D eigenvalue weighted by Gasteiger charge is -2.15. The Morgan fingerprint density at radius 2 is 1.94 bits per heavy atom. The van der Waals surface area contributed by atoms with Crippen LogP contribution in [-0.4, -0.2) is 37.3 Å². The molecule has 0 saturated carbocycles. The Bertz CT molecular complexity index is 1280. The Kier molecular flexibility index (Phi) is 8.71. The maximum atomic E-state index is 12.7. The molecule has 2 aromatic carbocycles. The molecule has 0 radical (unpaired) electrons. The molecule has 2 N–H and O–H groups in total. The summed E-state index contributed by atoms with van der Waals surface area (Å²) >= 11 is 13.2. The first-order valence-corrected chi connectivity index (χ1v) is 12.2. The van der Waals surface area contributed by atoms with E-state index in [1.807, 2.05) is 6.92 Å². The highest BCUT2D eigenvalue weighted by Gasteiger charge is 2.21. The molecule has 10 nitrogen and oxygen atoms in total. The quantitative estimate of drug-likeness (QED) is 0.222. The van der Waals surface area contributed by atoms with Crippen molar-refractivity contribution in [1.29, 1.82) is 0 Å². The Balaban J connectivity index is 1.66. The van der Waals surface area contributed by atoms with E-state index in [1.165, 1.54) is 30.0 Å². The van der Waals surface area contributed by atoms with Crippen LogP contribution in [0.1, 0.15) is 41.6 Å². The number of thioether (sulfide) groups is 1. The second-order valence-corrected chi connectivity index (χ2v) is 9.28. The van der Waals surface area contributed by atoms with Crippen molar-refractivity contribution in [2.24, 2.45) is 0 Å². The van der Waals surface area contributed by atoms with Gasteiger partial charge in [-0.1, -0.05) is 41.0 Å². The van der Waals surface area contributed by atoms with Gasteiger partial charge >= 0.3 is 0 Å². The van der Waals surface area contributed by atoms with Crippen LogP contribution in [0.5, 0.6) is 0 Å². The Morgan fingerprint density at radius 1 is 1.20 bits per heavy atom. The van der Waals surface area contributed by atoms with Gasteiger partial charge in [-0.15, -0.1) is 10.2 Å². The summed E-state index contributed by atoms with van der Waals surface area (Å²) in [7, 11) is 0. The number of aromatic nitrogens is 3. The minimum absolute atomic E-state index is 0.0153. The number of nitro benzene ring substituents is 1. The number of halogens is 2. The monoisotopic (exact) mass is 536 g/mol. The van der Waals surface area contributed by atoms with Gasteiger partial charge in [-0.25, -0.2) is 0 Å². The number of nitrogens with one attached hydrogen (secondary N) is 2. The molecule has 184 valence electrons. The molecule has 0 aliphatic carbocycles. The fourth-order valence-electron chi connectivity index (χ4n) is 3.21. The number of amides is 2. The Labute approximate surface area is 215 Å². The zero-order valence-corrected chi connectivity index (χ0v) is 21.4. The number of aryl methyl sites for hydroxylation is 1. The third-order valence-electron chi connectivity index (χ3n) is 5.01. The second-order valence-electron chi connectivity index (χ2n) is 7.50. The number of hydrogen-bond acceptors (Lipinski definition) is 7. The number of non-ortho nitro benzene ring substituents is 1. The summed E-state index contributed by atoms with van der Waals surface area (Å²) in [4.78, 5) is 35.6. The Hall–Kier alpha value is -3.15. The molecule has 3 rings (SSSR count). The summed E-state index contributed by atoms with van der Waals surface area (Å²) in [6, 6.07) is 8.40. The molecule has 2 amide bonds. The summed E-state index contributed by atoms with van der Waals surface area (Å²) in [5, 5.41) is 26.1. The number of hydrogen-bond donors (Lipinski definition) is 2. The Morgan fingerprint density at radius 3 is 2.60 bits per heavy atom. The van der Waals surface area contributed by atoms with Crippen LogP contribution in [0, 0.1) is 17.0 Å². The topological polar surface area (TPSA) is 132 Å². The van der Waals surface area contributed by atoms with Gasteiger partial charge in [0, 0.05) is 23.7 Å². The largest absolute Gasteiger partial charge is 0.342 e. The number of rotatable bonds is 9. The van der Waals surface area contributed by atoms with Crippen LogP contribution >= 0.6 is 35.0 Å². The van der Waals surface area contributed by atoms with Crippen molar-refractivity contribution in [3.8, 4) is 0 Å². The first kappa shape index (κ1) is 26.5. The maximum Gasteiger partial charge on any atom is 0.271 e. The summed E-state index contributed by atoms with van der Waals surface area (Å²) in [6.45, 7) is 5.93. The van der Waals surface area contributed by atoms with Crippen LogP contribution in [0.3, 0.4) is 0 Å². The molecular formula is C22H22Cl2N6O4S.